The van der Waals surface area contributed by atoms with Crippen molar-refractivity contribution in [1.29, 1.82) is 0 Å². The molecule has 17 heavy (non-hydrogen) atoms. The summed E-state index contributed by atoms with van der Waals surface area (Å²) >= 11 is 0. The predicted molar refractivity (Wildman–Crippen MR) is 60.7 cm³/mol. The fourth-order valence-corrected chi connectivity index (χ4v) is 1.41. The number of aromatic nitrogens is 2. The van der Waals surface area contributed by atoms with Crippen molar-refractivity contribution in [3.8, 4) is 11.5 Å². The number of aromatic hydroxyl groups is 1. The van der Waals surface area contributed by atoms with Gasteiger partial charge in [-0.05, 0) is 12.1 Å². The molecule has 0 bridgehead atoms. The van der Waals surface area contributed by atoms with Crippen LogP contribution in [0.3, 0.4) is 0 Å². The number of nitrogens with two attached hydrogens (primary N) is 1. The molecule has 0 saturated heterocycles. The van der Waals surface area contributed by atoms with Gasteiger partial charge in [0.2, 0.25) is 0 Å². The number of nitrogens with zero attached hydrogens (tertiary/aromatic N) is 2. The first-order valence-electron chi connectivity index (χ1n) is 4.86. The van der Waals surface area contributed by atoms with E-state index in [1.165, 1.54) is 23.0 Å². The number of carbonyl (C=O) groups is 1. The zero-order chi connectivity index (χ0) is 12.4. The third-order valence-electron chi connectivity index (χ3n) is 2.19. The SMILES string of the molecule is Cn1ncc(N)c1C(=O)Oc1cccc(O)c1. The number of hydrogen-bond donors (Lipinski definition) is 2. The Bertz CT molecular complexity index is 543. The van der Waals surface area contributed by atoms with Crippen molar-refractivity contribution in [2.75, 3.05) is 5.73 Å². The highest BCUT2D eigenvalue weighted by molar-refractivity contribution is 5.94. The molecule has 0 atom stereocenters. The summed E-state index contributed by atoms with van der Waals surface area (Å²) in [5.41, 5.74) is 6.01. The molecule has 0 fully saturated rings. The van der Waals surface area contributed by atoms with E-state index in [0.717, 1.165) is 0 Å². The first-order chi connectivity index (χ1) is 8.08. The second kappa shape index (κ2) is 4.17. The molecule has 88 valence electrons. The minimum absolute atomic E-state index is 0.0216. The van der Waals surface area contributed by atoms with Crippen LogP contribution in [-0.2, 0) is 7.05 Å². The molecule has 0 unspecified atom stereocenters. The van der Waals surface area contributed by atoms with Gasteiger partial charge in [-0.1, -0.05) is 6.07 Å². The molecule has 2 rings (SSSR count). The van der Waals surface area contributed by atoms with E-state index in [1.54, 1.807) is 19.2 Å². The van der Waals surface area contributed by atoms with Crippen molar-refractivity contribution in [1.82, 2.24) is 9.78 Å². The van der Waals surface area contributed by atoms with E-state index >= 15 is 0 Å². The number of aryl methyl sites for hydroxylation is 1. The summed E-state index contributed by atoms with van der Waals surface area (Å²) < 4.78 is 6.40. The number of carbonyl (C=O) groups excluding carboxylic acids is 1. The summed E-state index contributed by atoms with van der Waals surface area (Å²) in [5, 5.41) is 13.1. The maximum atomic E-state index is 11.8. The summed E-state index contributed by atoms with van der Waals surface area (Å²) in [6.45, 7) is 0. The van der Waals surface area contributed by atoms with Gasteiger partial charge in [0.15, 0.2) is 5.69 Å². The molecule has 0 aliphatic rings. The van der Waals surface area contributed by atoms with Crippen LogP contribution in [0.4, 0.5) is 5.69 Å². The van der Waals surface area contributed by atoms with E-state index < -0.39 is 5.97 Å². The van der Waals surface area contributed by atoms with Gasteiger partial charge in [-0.3, -0.25) is 4.68 Å². The number of phenols is 1. The lowest BCUT2D eigenvalue weighted by Crippen LogP contribution is -2.15. The molecular formula is C11H11N3O3. The molecule has 1 aromatic heterocycles. The zero-order valence-corrected chi connectivity index (χ0v) is 9.12. The Morgan fingerprint density at radius 1 is 1.53 bits per heavy atom. The minimum Gasteiger partial charge on any atom is -0.508 e. The van der Waals surface area contributed by atoms with E-state index in [1.807, 2.05) is 0 Å². The molecule has 1 aromatic carbocycles. The van der Waals surface area contributed by atoms with Gasteiger partial charge in [0.25, 0.3) is 0 Å². The van der Waals surface area contributed by atoms with Crippen molar-refractivity contribution in [2.45, 2.75) is 0 Å². The van der Waals surface area contributed by atoms with Gasteiger partial charge < -0.3 is 15.6 Å². The lowest BCUT2D eigenvalue weighted by molar-refractivity contribution is 0.0724. The maximum Gasteiger partial charge on any atom is 0.364 e. The van der Waals surface area contributed by atoms with Gasteiger partial charge in [0.1, 0.15) is 11.5 Å². The fraction of sp³-hybridized carbons (Fsp3) is 0.0909. The standard InChI is InChI=1S/C11H11N3O3/c1-14-10(9(12)6-13-14)11(16)17-8-4-2-3-7(15)5-8/h2-6,15H,12H2,1H3. The molecule has 0 aliphatic carbocycles. The third kappa shape index (κ3) is 2.20. The monoisotopic (exact) mass is 233 g/mol. The number of esters is 1. The van der Waals surface area contributed by atoms with Crippen LogP contribution >= 0.6 is 0 Å². The molecule has 1 heterocycles. The average Bonchev–Trinajstić information content (AvgIpc) is 2.58. The number of phenolic OH excluding ortho intramolecular Hbond substituents is 1. The summed E-state index contributed by atoms with van der Waals surface area (Å²) in [7, 11) is 1.59. The number of anilines is 1. The summed E-state index contributed by atoms with van der Waals surface area (Å²) in [5.74, 6) is -0.350. The van der Waals surface area contributed by atoms with Crippen LogP contribution in [0.2, 0.25) is 0 Å². The predicted octanol–water partition coefficient (Wildman–Crippen LogP) is 0.927. The quantitative estimate of drug-likeness (QED) is 0.594. The smallest absolute Gasteiger partial charge is 0.364 e. The van der Waals surface area contributed by atoms with E-state index in [2.05, 4.69) is 5.10 Å². The minimum atomic E-state index is -0.617. The Balaban J connectivity index is 2.23. The topological polar surface area (TPSA) is 90.4 Å². The van der Waals surface area contributed by atoms with Crippen molar-refractivity contribution in [3.63, 3.8) is 0 Å². The van der Waals surface area contributed by atoms with E-state index in [-0.39, 0.29) is 22.9 Å². The van der Waals surface area contributed by atoms with Crippen LogP contribution in [0.15, 0.2) is 30.5 Å². The number of benzene rings is 1. The summed E-state index contributed by atoms with van der Waals surface area (Å²) in [6, 6.07) is 5.95. The lowest BCUT2D eigenvalue weighted by Gasteiger charge is -2.05. The first kappa shape index (κ1) is 11.0. The van der Waals surface area contributed by atoms with E-state index in [0.29, 0.717) is 0 Å². The highest BCUT2D eigenvalue weighted by atomic mass is 16.5. The summed E-state index contributed by atoms with van der Waals surface area (Å²) in [4.78, 5) is 11.8. The molecule has 0 saturated carbocycles. The second-order valence-electron chi connectivity index (χ2n) is 3.46. The highest BCUT2D eigenvalue weighted by Crippen LogP contribution is 2.20. The van der Waals surface area contributed by atoms with Crippen molar-refractivity contribution < 1.29 is 14.6 Å². The van der Waals surface area contributed by atoms with Crippen LogP contribution < -0.4 is 10.5 Å². The Morgan fingerprint density at radius 3 is 2.88 bits per heavy atom. The first-order valence-corrected chi connectivity index (χ1v) is 4.86. The van der Waals surface area contributed by atoms with Gasteiger partial charge in [0.05, 0.1) is 11.9 Å². The van der Waals surface area contributed by atoms with Crippen LogP contribution in [0.25, 0.3) is 0 Å². The van der Waals surface area contributed by atoms with E-state index in [4.69, 9.17) is 10.5 Å². The number of rotatable bonds is 2. The maximum absolute atomic E-state index is 11.8. The Labute approximate surface area is 97.2 Å². The largest absolute Gasteiger partial charge is 0.508 e. The zero-order valence-electron chi connectivity index (χ0n) is 9.12. The molecule has 2 aromatic rings. The van der Waals surface area contributed by atoms with E-state index in [9.17, 15) is 9.90 Å². The van der Waals surface area contributed by atoms with Gasteiger partial charge in [-0.15, -0.1) is 0 Å². The number of nitrogen functional groups attached to an aromatic ring is 1. The van der Waals surface area contributed by atoms with Crippen LogP contribution in [-0.4, -0.2) is 20.9 Å². The van der Waals surface area contributed by atoms with Gasteiger partial charge >= 0.3 is 5.97 Å². The van der Waals surface area contributed by atoms with Gasteiger partial charge in [-0.2, -0.15) is 5.10 Å². The van der Waals surface area contributed by atoms with Crippen LogP contribution in [0.5, 0.6) is 11.5 Å². The van der Waals surface area contributed by atoms with Crippen molar-refractivity contribution in [2.24, 2.45) is 7.05 Å². The number of ether oxygens (including phenoxy) is 1. The summed E-state index contributed by atoms with van der Waals surface area (Å²) in [6.07, 6.45) is 1.37. The number of hydrogen-bond acceptors (Lipinski definition) is 5. The Kier molecular flexibility index (Phi) is 2.70. The normalized spacial score (nSPS) is 10.2. The molecule has 0 radical (unpaired) electrons. The average molecular weight is 233 g/mol. The van der Waals surface area contributed by atoms with Crippen LogP contribution in [0, 0.1) is 0 Å². The fourth-order valence-electron chi connectivity index (χ4n) is 1.41. The van der Waals surface area contributed by atoms with Gasteiger partial charge in [-0.25, -0.2) is 4.79 Å². The lowest BCUT2D eigenvalue weighted by atomic mass is 10.3. The molecule has 0 spiro atoms. The van der Waals surface area contributed by atoms with Gasteiger partial charge in [0, 0.05) is 13.1 Å². The Morgan fingerprint density at radius 2 is 2.29 bits per heavy atom. The molecular weight excluding hydrogens is 222 g/mol. The van der Waals surface area contributed by atoms with Crippen LogP contribution in [0.1, 0.15) is 10.5 Å². The molecule has 3 N–H and O–H groups in total. The van der Waals surface area contributed by atoms with Crippen molar-refractivity contribution in [3.05, 3.63) is 36.2 Å². The third-order valence-corrected chi connectivity index (χ3v) is 2.19. The van der Waals surface area contributed by atoms with Crippen molar-refractivity contribution >= 4 is 11.7 Å². The molecule has 6 nitrogen and oxygen atoms in total. The molecule has 0 aliphatic heterocycles. The molecule has 0 amide bonds. The highest BCUT2D eigenvalue weighted by Gasteiger charge is 2.17. The second-order valence-corrected chi connectivity index (χ2v) is 3.46. The Hall–Kier alpha value is -2.50. The molecule has 6 heteroatoms.